The van der Waals surface area contributed by atoms with Crippen molar-refractivity contribution in [2.24, 2.45) is 0 Å². The number of ether oxygens (including phenoxy) is 1. The number of thioether (sulfide) groups is 1. The van der Waals surface area contributed by atoms with Crippen LogP contribution in [0.2, 0.25) is 0 Å². The van der Waals surface area contributed by atoms with Gasteiger partial charge in [-0.2, -0.15) is 0 Å². The summed E-state index contributed by atoms with van der Waals surface area (Å²) in [6, 6.07) is 36.9. The lowest BCUT2D eigenvalue weighted by atomic mass is 10.0. The number of anilines is 2. The molecule has 0 heterocycles. The fraction of sp³-hybridized carbons (Fsp3) is 0.0833. The van der Waals surface area contributed by atoms with Gasteiger partial charge in [0.05, 0.1) is 18.0 Å². The van der Waals surface area contributed by atoms with Crippen molar-refractivity contribution < 1.29 is 19.1 Å². The van der Waals surface area contributed by atoms with Gasteiger partial charge in [-0.3, -0.25) is 14.4 Å². The first-order valence-electron chi connectivity index (χ1n) is 14.0. The minimum Gasteiger partial charge on any atom is -0.495 e. The minimum absolute atomic E-state index is 0.0952. The molecule has 0 aliphatic heterocycles. The van der Waals surface area contributed by atoms with E-state index in [4.69, 9.17) is 4.74 Å². The van der Waals surface area contributed by atoms with Crippen molar-refractivity contribution in [1.29, 1.82) is 0 Å². The van der Waals surface area contributed by atoms with Crippen LogP contribution < -0.4 is 20.7 Å². The Labute approximate surface area is 260 Å². The van der Waals surface area contributed by atoms with Crippen LogP contribution in [-0.4, -0.2) is 30.1 Å². The van der Waals surface area contributed by atoms with Crippen molar-refractivity contribution >= 4 is 57.7 Å². The Morgan fingerprint density at radius 1 is 0.773 bits per heavy atom. The Kier molecular flexibility index (Phi) is 9.74. The van der Waals surface area contributed by atoms with Crippen LogP contribution in [0.3, 0.4) is 0 Å². The Morgan fingerprint density at radius 3 is 2.30 bits per heavy atom. The molecule has 0 aliphatic rings. The average Bonchev–Trinajstić information content (AvgIpc) is 3.05. The van der Waals surface area contributed by atoms with Gasteiger partial charge in [-0.25, -0.2) is 0 Å². The molecule has 1 atom stereocenters. The van der Waals surface area contributed by atoms with Gasteiger partial charge in [0.25, 0.3) is 11.8 Å². The molecule has 8 heteroatoms. The van der Waals surface area contributed by atoms with Gasteiger partial charge in [0.15, 0.2) is 0 Å². The molecule has 5 aromatic carbocycles. The maximum atomic E-state index is 13.6. The molecule has 3 N–H and O–H groups in total. The van der Waals surface area contributed by atoms with Gasteiger partial charge in [0.2, 0.25) is 5.91 Å². The van der Waals surface area contributed by atoms with E-state index in [1.807, 2.05) is 73.7 Å². The molecule has 0 saturated heterocycles. The average molecular weight is 602 g/mol. The van der Waals surface area contributed by atoms with Crippen molar-refractivity contribution in [3.8, 4) is 5.75 Å². The first-order valence-corrected chi connectivity index (χ1v) is 14.9. The summed E-state index contributed by atoms with van der Waals surface area (Å²) in [6.45, 7) is 1.81. The molecule has 0 spiro atoms. The quantitative estimate of drug-likeness (QED) is 0.115. The lowest BCUT2D eigenvalue weighted by molar-refractivity contribution is -0.115. The van der Waals surface area contributed by atoms with Gasteiger partial charge in [0.1, 0.15) is 11.4 Å². The molecule has 7 nitrogen and oxygen atoms in total. The topological polar surface area (TPSA) is 96.5 Å². The van der Waals surface area contributed by atoms with E-state index in [9.17, 15) is 14.4 Å². The fourth-order valence-corrected chi connectivity index (χ4v) is 5.49. The van der Waals surface area contributed by atoms with Crippen LogP contribution in [-0.2, 0) is 9.59 Å². The van der Waals surface area contributed by atoms with Gasteiger partial charge in [-0.05, 0) is 71.8 Å². The summed E-state index contributed by atoms with van der Waals surface area (Å²) in [5.41, 5.74) is 2.44. The standard InChI is InChI=1S/C36H31N3O4S/c1-24(34(40)38-31-20-8-9-21-33(31)43-2)44-29-18-11-17-28(23-29)37-36(42)32(39-35(41)26-13-4-3-5-14-26)22-27-16-10-15-25-12-6-7-19-30(25)27/h3-24H,1-2H3,(H,37,42)(H,38,40)(H,39,41)/b32-22+. The molecule has 5 aromatic rings. The second-order valence-corrected chi connectivity index (χ2v) is 11.3. The lowest BCUT2D eigenvalue weighted by Gasteiger charge is -2.15. The van der Waals surface area contributed by atoms with Crippen molar-refractivity contribution in [2.75, 3.05) is 17.7 Å². The first kappa shape index (κ1) is 30.1. The summed E-state index contributed by atoms with van der Waals surface area (Å²) in [5, 5.41) is 10.2. The number of hydrogen-bond acceptors (Lipinski definition) is 5. The zero-order chi connectivity index (χ0) is 30.9. The Hall–Kier alpha value is -5.34. The van der Waals surface area contributed by atoms with Crippen LogP contribution in [0.1, 0.15) is 22.8 Å². The zero-order valence-electron chi connectivity index (χ0n) is 24.2. The highest BCUT2D eigenvalue weighted by atomic mass is 32.2. The Balaban J connectivity index is 1.35. The Morgan fingerprint density at radius 2 is 1.48 bits per heavy atom. The van der Waals surface area contributed by atoms with Crippen LogP contribution in [0.4, 0.5) is 11.4 Å². The summed E-state index contributed by atoms with van der Waals surface area (Å²) >= 11 is 1.36. The lowest BCUT2D eigenvalue weighted by Crippen LogP contribution is -2.30. The predicted octanol–water partition coefficient (Wildman–Crippen LogP) is 7.38. The fourth-order valence-electron chi connectivity index (χ4n) is 4.56. The minimum atomic E-state index is -0.480. The largest absolute Gasteiger partial charge is 0.495 e. The van der Waals surface area contributed by atoms with Crippen LogP contribution in [0.5, 0.6) is 5.75 Å². The second-order valence-electron chi connectivity index (χ2n) is 9.88. The van der Waals surface area contributed by atoms with Crippen molar-refractivity contribution in [2.45, 2.75) is 17.1 Å². The number of benzene rings is 5. The number of hydrogen-bond donors (Lipinski definition) is 3. The van der Waals surface area contributed by atoms with Crippen molar-refractivity contribution in [1.82, 2.24) is 5.32 Å². The number of para-hydroxylation sites is 2. The first-order chi connectivity index (χ1) is 21.4. The molecule has 1 unspecified atom stereocenters. The van der Waals surface area contributed by atoms with Gasteiger partial charge in [-0.15, -0.1) is 11.8 Å². The third-order valence-electron chi connectivity index (χ3n) is 6.79. The second kappa shape index (κ2) is 14.2. The molecule has 0 bridgehead atoms. The highest BCUT2D eigenvalue weighted by Crippen LogP contribution is 2.29. The number of rotatable bonds is 10. The van der Waals surface area contributed by atoms with Crippen LogP contribution >= 0.6 is 11.8 Å². The van der Waals surface area contributed by atoms with Gasteiger partial charge in [-0.1, -0.05) is 78.9 Å². The van der Waals surface area contributed by atoms with Crippen LogP contribution in [0.15, 0.2) is 132 Å². The van der Waals surface area contributed by atoms with Crippen LogP contribution in [0.25, 0.3) is 16.8 Å². The molecule has 0 saturated carbocycles. The highest BCUT2D eigenvalue weighted by Gasteiger charge is 2.18. The normalized spacial score (nSPS) is 11.8. The molecular weight excluding hydrogens is 570 g/mol. The summed E-state index contributed by atoms with van der Waals surface area (Å²) in [4.78, 5) is 40.5. The van der Waals surface area contributed by atoms with E-state index in [1.165, 1.54) is 11.8 Å². The van der Waals surface area contributed by atoms with E-state index in [0.717, 1.165) is 21.2 Å². The number of nitrogens with one attached hydrogen (secondary N) is 3. The number of fused-ring (bicyclic) bond motifs is 1. The van der Waals surface area contributed by atoms with Crippen LogP contribution in [0, 0.1) is 0 Å². The molecule has 0 aliphatic carbocycles. The summed E-state index contributed by atoms with van der Waals surface area (Å²) in [6.07, 6.45) is 1.68. The number of amides is 3. The van der Waals surface area contributed by atoms with E-state index in [1.54, 1.807) is 67.8 Å². The summed E-state index contributed by atoms with van der Waals surface area (Å²) < 4.78 is 5.33. The predicted molar refractivity (Wildman–Crippen MR) is 178 cm³/mol. The number of carbonyl (C=O) groups excluding carboxylic acids is 3. The summed E-state index contributed by atoms with van der Waals surface area (Å²) in [7, 11) is 1.55. The summed E-state index contributed by atoms with van der Waals surface area (Å²) in [5.74, 6) is -0.481. The van der Waals surface area contributed by atoms with E-state index in [2.05, 4.69) is 16.0 Å². The van der Waals surface area contributed by atoms with E-state index in [-0.39, 0.29) is 11.6 Å². The molecule has 220 valence electrons. The van der Waals surface area contributed by atoms with Gasteiger partial charge in [0, 0.05) is 16.1 Å². The van der Waals surface area contributed by atoms with Crippen molar-refractivity contribution in [3.05, 3.63) is 138 Å². The molecule has 0 aromatic heterocycles. The Bertz CT molecular complexity index is 1830. The number of carbonyl (C=O) groups is 3. The monoisotopic (exact) mass is 601 g/mol. The SMILES string of the molecule is COc1ccccc1NC(=O)C(C)Sc1cccc(NC(=O)/C(=C\c2cccc3ccccc23)NC(=O)c2ccccc2)c1. The maximum absolute atomic E-state index is 13.6. The smallest absolute Gasteiger partial charge is 0.272 e. The van der Waals surface area contributed by atoms with Gasteiger partial charge >= 0.3 is 0 Å². The molecule has 0 fully saturated rings. The van der Waals surface area contributed by atoms with Crippen molar-refractivity contribution in [3.63, 3.8) is 0 Å². The molecule has 5 rings (SSSR count). The molecule has 3 amide bonds. The third-order valence-corrected chi connectivity index (χ3v) is 7.88. The molecular formula is C36H31N3O4S. The maximum Gasteiger partial charge on any atom is 0.272 e. The van der Waals surface area contributed by atoms with E-state index >= 15 is 0 Å². The molecule has 44 heavy (non-hydrogen) atoms. The zero-order valence-corrected chi connectivity index (χ0v) is 25.1. The number of methoxy groups -OCH3 is 1. The third kappa shape index (κ3) is 7.53. The highest BCUT2D eigenvalue weighted by molar-refractivity contribution is 8.00. The van der Waals surface area contributed by atoms with E-state index in [0.29, 0.717) is 22.7 Å². The van der Waals surface area contributed by atoms with Gasteiger partial charge < -0.3 is 20.7 Å². The molecule has 0 radical (unpaired) electrons. The van der Waals surface area contributed by atoms with E-state index < -0.39 is 17.1 Å².